The molecule has 3 rings (SSSR count). The highest BCUT2D eigenvalue weighted by molar-refractivity contribution is 5.93. The summed E-state index contributed by atoms with van der Waals surface area (Å²) in [6.07, 6.45) is -0.480. The fourth-order valence-corrected chi connectivity index (χ4v) is 2.93. The molecule has 1 atom stereocenters. The Morgan fingerprint density at radius 3 is 2.59 bits per heavy atom. The minimum atomic E-state index is -1.19. The van der Waals surface area contributed by atoms with E-state index in [4.69, 9.17) is 0 Å². The summed E-state index contributed by atoms with van der Waals surface area (Å²) in [7, 11) is 0. The first-order valence-electron chi connectivity index (χ1n) is 8.59. The number of hydrogen-bond acceptors (Lipinski definition) is 4. The van der Waals surface area contributed by atoms with Gasteiger partial charge in [0.2, 0.25) is 5.88 Å². The van der Waals surface area contributed by atoms with Crippen molar-refractivity contribution in [1.29, 1.82) is 0 Å². The predicted octanol–water partition coefficient (Wildman–Crippen LogP) is 3.11. The number of aliphatic carboxylic acids is 1. The molecule has 1 amide bonds. The first-order valence-corrected chi connectivity index (χ1v) is 8.59. The summed E-state index contributed by atoms with van der Waals surface area (Å²) < 4.78 is 28.3. The molecule has 3 N–H and O–H groups in total. The number of benzene rings is 2. The van der Waals surface area contributed by atoms with E-state index in [9.17, 15) is 28.6 Å². The van der Waals surface area contributed by atoms with Crippen LogP contribution < -0.4 is 5.32 Å². The van der Waals surface area contributed by atoms with Gasteiger partial charge in [-0.25, -0.2) is 13.5 Å². The van der Waals surface area contributed by atoms with Crippen molar-refractivity contribution in [2.45, 2.75) is 19.4 Å². The van der Waals surface area contributed by atoms with E-state index in [0.717, 1.165) is 16.8 Å². The van der Waals surface area contributed by atoms with E-state index in [-0.39, 0.29) is 16.9 Å². The second kappa shape index (κ2) is 8.09. The van der Waals surface area contributed by atoms with Crippen molar-refractivity contribution in [3.05, 3.63) is 77.0 Å². The van der Waals surface area contributed by atoms with Crippen LogP contribution in [0.2, 0.25) is 0 Å². The Morgan fingerprint density at radius 2 is 1.90 bits per heavy atom. The van der Waals surface area contributed by atoms with Crippen molar-refractivity contribution in [1.82, 2.24) is 15.1 Å². The fraction of sp³-hybridized carbons (Fsp3) is 0.150. The van der Waals surface area contributed by atoms with Gasteiger partial charge in [-0.1, -0.05) is 18.2 Å². The van der Waals surface area contributed by atoms with Gasteiger partial charge < -0.3 is 15.5 Å². The molecule has 150 valence electrons. The Balaban J connectivity index is 1.90. The molecule has 0 bridgehead atoms. The maximum atomic E-state index is 13.9. The normalized spacial score (nSPS) is 11.8. The van der Waals surface area contributed by atoms with E-state index < -0.39 is 41.9 Å². The molecule has 3 aromatic rings. The molecule has 1 heterocycles. The third kappa shape index (κ3) is 4.40. The van der Waals surface area contributed by atoms with Gasteiger partial charge in [0.15, 0.2) is 5.69 Å². The molecule has 0 fully saturated rings. The third-order valence-electron chi connectivity index (χ3n) is 4.35. The zero-order valence-corrected chi connectivity index (χ0v) is 15.3. The minimum absolute atomic E-state index is 0.199. The van der Waals surface area contributed by atoms with Crippen LogP contribution in [-0.4, -0.2) is 31.9 Å². The van der Waals surface area contributed by atoms with Gasteiger partial charge in [-0.3, -0.25) is 9.59 Å². The van der Waals surface area contributed by atoms with E-state index in [2.05, 4.69) is 10.4 Å². The quantitative estimate of drug-likeness (QED) is 0.589. The molecule has 0 spiro atoms. The number of aromatic nitrogens is 2. The van der Waals surface area contributed by atoms with Crippen LogP contribution >= 0.6 is 0 Å². The zero-order valence-electron chi connectivity index (χ0n) is 15.3. The summed E-state index contributed by atoms with van der Waals surface area (Å²) in [5, 5.41) is 25.7. The Kier molecular flexibility index (Phi) is 5.58. The molecular formula is C20H17F2N3O4. The Bertz CT molecular complexity index is 1080. The number of carboxylic acid groups (broad SMARTS) is 1. The van der Waals surface area contributed by atoms with Crippen LogP contribution in [0.5, 0.6) is 5.88 Å². The number of carboxylic acids is 1. The zero-order chi connectivity index (χ0) is 21.1. The molecule has 0 saturated carbocycles. The number of halogens is 2. The van der Waals surface area contributed by atoms with E-state index in [1.54, 1.807) is 0 Å². The molecule has 9 heteroatoms. The fourth-order valence-electron chi connectivity index (χ4n) is 2.93. The lowest BCUT2D eigenvalue weighted by atomic mass is 9.98. The highest BCUT2D eigenvalue weighted by Gasteiger charge is 2.24. The van der Waals surface area contributed by atoms with E-state index >= 15 is 0 Å². The summed E-state index contributed by atoms with van der Waals surface area (Å²) in [4.78, 5) is 23.8. The van der Waals surface area contributed by atoms with Crippen molar-refractivity contribution < 1.29 is 28.6 Å². The van der Waals surface area contributed by atoms with Gasteiger partial charge in [0.05, 0.1) is 18.2 Å². The van der Waals surface area contributed by atoms with E-state index in [0.29, 0.717) is 5.56 Å². The Morgan fingerprint density at radius 1 is 1.17 bits per heavy atom. The van der Waals surface area contributed by atoms with Crippen LogP contribution in [0.15, 0.2) is 48.5 Å². The number of aromatic hydroxyl groups is 1. The minimum Gasteiger partial charge on any atom is -0.493 e. The van der Waals surface area contributed by atoms with Gasteiger partial charge in [-0.05, 0) is 42.3 Å². The molecule has 2 aromatic carbocycles. The lowest BCUT2D eigenvalue weighted by Crippen LogP contribution is -2.31. The topological polar surface area (TPSA) is 104 Å². The van der Waals surface area contributed by atoms with Crippen LogP contribution in [0, 0.1) is 18.6 Å². The lowest BCUT2D eigenvalue weighted by molar-refractivity contribution is -0.137. The number of amides is 1. The van der Waals surface area contributed by atoms with Gasteiger partial charge in [-0.15, -0.1) is 0 Å². The Labute approximate surface area is 164 Å². The van der Waals surface area contributed by atoms with Crippen molar-refractivity contribution in [3.63, 3.8) is 0 Å². The smallest absolute Gasteiger partial charge is 0.305 e. The van der Waals surface area contributed by atoms with Crippen molar-refractivity contribution in [3.8, 4) is 11.6 Å². The van der Waals surface area contributed by atoms with Crippen LogP contribution in [0.3, 0.4) is 0 Å². The van der Waals surface area contributed by atoms with E-state index in [1.165, 1.54) is 43.3 Å². The first-order chi connectivity index (χ1) is 13.8. The molecule has 1 aromatic heterocycles. The van der Waals surface area contributed by atoms with Gasteiger partial charge in [0.1, 0.15) is 11.6 Å². The largest absolute Gasteiger partial charge is 0.493 e. The molecule has 1 unspecified atom stereocenters. The second-order valence-electron chi connectivity index (χ2n) is 6.36. The highest BCUT2D eigenvalue weighted by Crippen LogP contribution is 2.24. The third-order valence-corrected chi connectivity index (χ3v) is 4.35. The molecular weight excluding hydrogens is 384 g/mol. The standard InChI is InChI=1S/C20H17F2N3O4/c1-11-14(6-3-7-15(11)22)16(10-19(27)28)23-20(29)17-9-18(26)25(24-17)13-5-2-4-12(21)8-13/h2-9,16,26H,10H2,1H3,(H,23,29)(H,27,28). The average molecular weight is 401 g/mol. The summed E-state index contributed by atoms with van der Waals surface area (Å²) in [6.45, 7) is 1.48. The molecule has 29 heavy (non-hydrogen) atoms. The monoisotopic (exact) mass is 401 g/mol. The van der Waals surface area contributed by atoms with E-state index in [1.807, 2.05) is 0 Å². The first kappa shape index (κ1) is 20.0. The summed E-state index contributed by atoms with van der Waals surface area (Å²) in [6, 6.07) is 9.47. The highest BCUT2D eigenvalue weighted by atomic mass is 19.1. The molecule has 0 aliphatic rings. The average Bonchev–Trinajstić information content (AvgIpc) is 3.05. The summed E-state index contributed by atoms with van der Waals surface area (Å²) in [5.74, 6) is -3.44. The molecule has 0 saturated heterocycles. The maximum Gasteiger partial charge on any atom is 0.305 e. The second-order valence-corrected chi connectivity index (χ2v) is 6.36. The number of nitrogens with one attached hydrogen (secondary N) is 1. The van der Waals surface area contributed by atoms with Gasteiger partial charge >= 0.3 is 5.97 Å². The molecule has 0 aliphatic heterocycles. The summed E-state index contributed by atoms with van der Waals surface area (Å²) >= 11 is 0. The number of rotatable bonds is 6. The van der Waals surface area contributed by atoms with Crippen LogP contribution in [-0.2, 0) is 4.79 Å². The number of hydrogen-bond donors (Lipinski definition) is 3. The predicted molar refractivity (Wildman–Crippen MR) is 98.8 cm³/mol. The maximum absolute atomic E-state index is 13.9. The lowest BCUT2D eigenvalue weighted by Gasteiger charge is -2.19. The number of carbonyl (C=O) groups excluding carboxylic acids is 1. The number of carbonyl (C=O) groups is 2. The van der Waals surface area contributed by atoms with Gasteiger partial charge in [0, 0.05) is 6.07 Å². The molecule has 0 radical (unpaired) electrons. The van der Waals surface area contributed by atoms with Crippen molar-refractivity contribution in [2.24, 2.45) is 0 Å². The van der Waals surface area contributed by atoms with Crippen molar-refractivity contribution in [2.75, 3.05) is 0 Å². The van der Waals surface area contributed by atoms with Gasteiger partial charge in [-0.2, -0.15) is 5.10 Å². The van der Waals surface area contributed by atoms with Crippen LogP contribution in [0.1, 0.15) is 34.1 Å². The number of nitrogens with zero attached hydrogens (tertiary/aromatic N) is 2. The molecule has 0 aliphatic carbocycles. The van der Waals surface area contributed by atoms with Crippen LogP contribution in [0.25, 0.3) is 5.69 Å². The molecule has 7 nitrogen and oxygen atoms in total. The SMILES string of the molecule is Cc1c(F)cccc1C(CC(=O)O)NC(=O)c1cc(O)n(-c2cccc(F)c2)n1. The van der Waals surface area contributed by atoms with Crippen molar-refractivity contribution >= 4 is 11.9 Å². The van der Waals surface area contributed by atoms with Gasteiger partial charge in [0.25, 0.3) is 5.91 Å². The van der Waals surface area contributed by atoms with Crippen LogP contribution in [0.4, 0.5) is 8.78 Å². The summed E-state index contributed by atoms with van der Waals surface area (Å²) in [5.41, 5.74) is 0.516. The Hall–Kier alpha value is -3.75.